The van der Waals surface area contributed by atoms with Crippen LogP contribution in [0.15, 0.2) is 67.1 Å². The van der Waals surface area contributed by atoms with Crippen LogP contribution in [0, 0.1) is 5.92 Å². The van der Waals surface area contributed by atoms with Gasteiger partial charge in [-0.05, 0) is 42.7 Å². The number of hydrogen-bond donors (Lipinski definition) is 1. The third-order valence-corrected chi connectivity index (χ3v) is 6.91. The lowest BCUT2D eigenvalue weighted by molar-refractivity contribution is -0.137. The molecule has 3 aromatic rings. The van der Waals surface area contributed by atoms with E-state index in [9.17, 15) is 18.0 Å². The molecular formula is C26H26F3N5O. The number of halogens is 3. The molecule has 3 atom stereocenters. The number of rotatable bonds is 4. The number of amides is 1. The lowest BCUT2D eigenvalue weighted by Crippen LogP contribution is -2.61. The number of carbonyl (C=O) groups is 1. The van der Waals surface area contributed by atoms with Gasteiger partial charge in [0.1, 0.15) is 5.82 Å². The highest BCUT2D eigenvalue weighted by atomic mass is 19.4. The van der Waals surface area contributed by atoms with Gasteiger partial charge in [0.15, 0.2) is 0 Å². The van der Waals surface area contributed by atoms with Crippen LogP contribution in [-0.2, 0) is 17.4 Å². The molecule has 0 spiro atoms. The maximum absolute atomic E-state index is 13.6. The van der Waals surface area contributed by atoms with E-state index < -0.39 is 17.7 Å². The van der Waals surface area contributed by atoms with Crippen LogP contribution in [0.2, 0.25) is 0 Å². The van der Waals surface area contributed by atoms with Crippen molar-refractivity contribution in [1.29, 1.82) is 0 Å². The van der Waals surface area contributed by atoms with Crippen LogP contribution >= 0.6 is 0 Å². The second-order valence-electron chi connectivity index (χ2n) is 9.06. The van der Waals surface area contributed by atoms with E-state index in [1.165, 1.54) is 6.07 Å². The average molecular weight is 482 g/mol. The second-order valence-corrected chi connectivity index (χ2v) is 9.06. The zero-order chi connectivity index (χ0) is 24.6. The molecule has 5 rings (SSSR count). The number of anilines is 2. The van der Waals surface area contributed by atoms with E-state index in [4.69, 9.17) is 0 Å². The predicted octanol–water partition coefficient (Wildman–Crippen LogP) is 4.24. The van der Waals surface area contributed by atoms with Gasteiger partial charge in [0, 0.05) is 37.7 Å². The van der Waals surface area contributed by atoms with Crippen molar-refractivity contribution in [2.45, 2.75) is 31.6 Å². The van der Waals surface area contributed by atoms with Gasteiger partial charge in [-0.3, -0.25) is 9.78 Å². The molecule has 0 bridgehead atoms. The minimum Gasteiger partial charge on any atom is -0.364 e. The largest absolute Gasteiger partial charge is 0.416 e. The third-order valence-electron chi connectivity index (χ3n) is 6.91. The van der Waals surface area contributed by atoms with Crippen LogP contribution in [0.5, 0.6) is 0 Å². The number of nitrogens with one attached hydrogen (secondary N) is 1. The lowest BCUT2D eigenvalue weighted by atomic mass is 9.82. The van der Waals surface area contributed by atoms with Crippen molar-refractivity contribution in [3.63, 3.8) is 0 Å². The maximum Gasteiger partial charge on any atom is 0.416 e. The molecule has 0 saturated carbocycles. The summed E-state index contributed by atoms with van der Waals surface area (Å²) < 4.78 is 40.3. The Morgan fingerprint density at radius 2 is 1.91 bits per heavy atom. The number of fused-ring (bicyclic) bond motifs is 3. The van der Waals surface area contributed by atoms with Crippen molar-refractivity contribution in [1.82, 2.24) is 15.3 Å². The minimum absolute atomic E-state index is 0.166. The highest BCUT2D eigenvalue weighted by Crippen LogP contribution is 2.40. The molecule has 35 heavy (non-hydrogen) atoms. The van der Waals surface area contributed by atoms with Gasteiger partial charge in [-0.15, -0.1) is 0 Å². The zero-order valence-electron chi connectivity index (χ0n) is 19.2. The summed E-state index contributed by atoms with van der Waals surface area (Å²) in [6.45, 7) is 3.63. The quantitative estimate of drug-likeness (QED) is 0.604. The lowest BCUT2D eigenvalue weighted by Gasteiger charge is -2.49. The number of benzene rings is 2. The Hall–Kier alpha value is -3.62. The Labute approximate surface area is 201 Å². The Kier molecular flexibility index (Phi) is 6.08. The van der Waals surface area contributed by atoms with Gasteiger partial charge >= 0.3 is 6.18 Å². The van der Waals surface area contributed by atoms with Gasteiger partial charge in [-0.2, -0.15) is 13.2 Å². The molecule has 1 saturated heterocycles. The van der Waals surface area contributed by atoms with Crippen molar-refractivity contribution < 1.29 is 18.0 Å². The second kappa shape index (κ2) is 9.20. The molecule has 1 amide bonds. The summed E-state index contributed by atoms with van der Waals surface area (Å²) in [4.78, 5) is 26.3. The Morgan fingerprint density at radius 1 is 1.11 bits per heavy atom. The average Bonchev–Trinajstić information content (AvgIpc) is 2.88. The van der Waals surface area contributed by atoms with Crippen molar-refractivity contribution in [2.24, 2.45) is 5.92 Å². The molecule has 2 aromatic carbocycles. The zero-order valence-corrected chi connectivity index (χ0v) is 19.2. The highest BCUT2D eigenvalue weighted by molar-refractivity contribution is 5.82. The normalized spacial score (nSPS) is 20.6. The number of nitrogens with zero attached hydrogens (tertiary/aromatic N) is 4. The predicted molar refractivity (Wildman–Crippen MR) is 127 cm³/mol. The fourth-order valence-corrected chi connectivity index (χ4v) is 5.11. The standard InChI is InChI=1S/C26H26F3N5O/c1-17(18-5-3-2-4-6-18)32-25(35)21-14-19-13-20(26(27,28)29)7-8-22(19)34-12-11-33(16-23(21)34)24-15-30-9-10-31-24/h2-10,13,15,17,21,23H,11-12,14,16H2,1H3,(H,32,35)/t17-,21-,23-/m0/s1. The van der Waals surface area contributed by atoms with Gasteiger partial charge in [0.25, 0.3) is 0 Å². The summed E-state index contributed by atoms with van der Waals surface area (Å²) in [7, 11) is 0. The first-order valence-electron chi connectivity index (χ1n) is 11.6. The molecular weight excluding hydrogens is 455 g/mol. The molecule has 1 fully saturated rings. The molecule has 3 heterocycles. The van der Waals surface area contributed by atoms with Crippen molar-refractivity contribution in [3.8, 4) is 0 Å². The number of piperazine rings is 1. The van der Waals surface area contributed by atoms with Crippen molar-refractivity contribution >= 4 is 17.4 Å². The highest BCUT2D eigenvalue weighted by Gasteiger charge is 2.43. The molecule has 1 aromatic heterocycles. The van der Waals surface area contributed by atoms with E-state index in [1.807, 2.05) is 37.3 Å². The summed E-state index contributed by atoms with van der Waals surface area (Å²) in [5.74, 6) is 0.0409. The van der Waals surface area contributed by atoms with Gasteiger partial charge in [-0.25, -0.2) is 4.98 Å². The summed E-state index contributed by atoms with van der Waals surface area (Å²) >= 11 is 0. The topological polar surface area (TPSA) is 61.4 Å². The van der Waals surface area contributed by atoms with E-state index in [0.29, 0.717) is 25.2 Å². The molecule has 0 aliphatic carbocycles. The fraction of sp³-hybridized carbons (Fsp3) is 0.346. The number of carbonyl (C=O) groups excluding carboxylic acids is 1. The van der Waals surface area contributed by atoms with E-state index in [-0.39, 0.29) is 24.4 Å². The first-order chi connectivity index (χ1) is 16.8. The van der Waals surface area contributed by atoms with Crippen molar-refractivity contribution in [2.75, 3.05) is 29.4 Å². The molecule has 9 heteroatoms. The van der Waals surface area contributed by atoms with Crippen LogP contribution in [0.1, 0.15) is 29.7 Å². The van der Waals surface area contributed by atoms with Gasteiger partial charge < -0.3 is 15.1 Å². The van der Waals surface area contributed by atoms with Crippen molar-refractivity contribution in [3.05, 3.63) is 83.8 Å². The Balaban J connectivity index is 1.46. The monoisotopic (exact) mass is 481 g/mol. The smallest absolute Gasteiger partial charge is 0.364 e. The van der Waals surface area contributed by atoms with Crippen LogP contribution < -0.4 is 15.1 Å². The summed E-state index contributed by atoms with van der Waals surface area (Å²) in [5, 5.41) is 3.09. The summed E-state index contributed by atoms with van der Waals surface area (Å²) in [5.41, 5.74) is 1.60. The molecule has 0 radical (unpaired) electrons. The molecule has 182 valence electrons. The van der Waals surface area contributed by atoms with E-state index >= 15 is 0 Å². The van der Waals surface area contributed by atoms with Gasteiger partial charge in [0.2, 0.25) is 5.91 Å². The van der Waals surface area contributed by atoms with Crippen LogP contribution in [-0.4, -0.2) is 41.6 Å². The molecule has 2 aliphatic heterocycles. The molecule has 2 aliphatic rings. The fourth-order valence-electron chi connectivity index (χ4n) is 5.11. The van der Waals surface area contributed by atoms with Gasteiger partial charge in [0.05, 0.1) is 29.8 Å². The van der Waals surface area contributed by atoms with Crippen LogP contribution in [0.4, 0.5) is 24.7 Å². The maximum atomic E-state index is 13.6. The minimum atomic E-state index is -4.43. The van der Waals surface area contributed by atoms with Gasteiger partial charge in [-0.1, -0.05) is 30.3 Å². The van der Waals surface area contributed by atoms with Crippen LogP contribution in [0.25, 0.3) is 0 Å². The summed E-state index contributed by atoms with van der Waals surface area (Å²) in [6, 6.07) is 13.1. The Morgan fingerprint density at radius 3 is 2.63 bits per heavy atom. The number of hydrogen-bond acceptors (Lipinski definition) is 5. The molecule has 0 unspecified atom stereocenters. The number of alkyl halides is 3. The summed E-state index contributed by atoms with van der Waals surface area (Å²) in [6.07, 6.45) is 0.727. The van der Waals surface area contributed by atoms with E-state index in [1.54, 1.807) is 24.7 Å². The first-order valence-corrected chi connectivity index (χ1v) is 11.6. The first kappa shape index (κ1) is 23.1. The Bertz CT molecular complexity index is 1190. The number of aromatic nitrogens is 2. The third kappa shape index (κ3) is 4.67. The van der Waals surface area contributed by atoms with E-state index in [2.05, 4.69) is 25.1 Å². The molecule has 1 N–H and O–H groups in total. The van der Waals surface area contributed by atoms with E-state index in [0.717, 1.165) is 23.1 Å². The van der Waals surface area contributed by atoms with Crippen LogP contribution in [0.3, 0.4) is 0 Å². The molecule has 6 nitrogen and oxygen atoms in total. The SMILES string of the molecule is C[C@H](NC(=O)[C@H]1Cc2cc(C(F)(F)F)ccc2N2CCN(c3cnccn3)C[C@@H]12)c1ccccc1.